The standard InChI is InChI=1S/C18H11F3N8OS/c19-11-3-8(16-26-27-17(30-16)14(20)21)1-2-9(11)5-29-6-12(25-28-29)13-4-10-15(22)23-7-24-18(10)31-13/h1-4,6-7,14H,5H2,(H2,22,23,24). The quantitative estimate of drug-likeness (QED) is 0.435. The number of fused-ring (bicyclic) bond motifs is 1. The van der Waals surface area contributed by atoms with Gasteiger partial charge in [0.1, 0.15) is 28.5 Å². The summed E-state index contributed by atoms with van der Waals surface area (Å²) < 4.78 is 46.1. The van der Waals surface area contributed by atoms with Gasteiger partial charge in [0, 0.05) is 11.1 Å². The molecule has 0 radical (unpaired) electrons. The van der Waals surface area contributed by atoms with Gasteiger partial charge in [-0.3, -0.25) is 0 Å². The lowest BCUT2D eigenvalue weighted by Crippen LogP contribution is -2.03. The highest BCUT2D eigenvalue weighted by Gasteiger charge is 2.18. The van der Waals surface area contributed by atoms with E-state index in [-0.39, 0.29) is 18.0 Å². The van der Waals surface area contributed by atoms with E-state index < -0.39 is 18.1 Å². The van der Waals surface area contributed by atoms with Gasteiger partial charge < -0.3 is 10.2 Å². The largest absolute Gasteiger partial charge is 0.415 e. The molecule has 0 spiro atoms. The van der Waals surface area contributed by atoms with Gasteiger partial charge in [0.25, 0.3) is 5.89 Å². The van der Waals surface area contributed by atoms with Crippen molar-refractivity contribution in [2.45, 2.75) is 13.0 Å². The fourth-order valence-corrected chi connectivity index (χ4v) is 3.87. The Bertz CT molecular complexity index is 1400. The fourth-order valence-electron chi connectivity index (χ4n) is 2.91. The van der Waals surface area contributed by atoms with Crippen molar-refractivity contribution >= 4 is 27.4 Å². The van der Waals surface area contributed by atoms with Gasteiger partial charge in [0.15, 0.2) is 0 Å². The number of benzene rings is 1. The Labute approximate surface area is 175 Å². The van der Waals surface area contributed by atoms with Crippen LogP contribution in [0.15, 0.2) is 41.2 Å². The summed E-state index contributed by atoms with van der Waals surface area (Å²) >= 11 is 1.39. The first-order valence-corrected chi connectivity index (χ1v) is 9.60. The third kappa shape index (κ3) is 3.59. The zero-order valence-electron chi connectivity index (χ0n) is 15.4. The Morgan fingerprint density at radius 3 is 2.74 bits per heavy atom. The summed E-state index contributed by atoms with van der Waals surface area (Å²) in [4.78, 5) is 9.68. The molecular formula is C18H11F3N8OS. The van der Waals surface area contributed by atoms with E-state index in [2.05, 4.69) is 30.5 Å². The van der Waals surface area contributed by atoms with E-state index in [1.54, 1.807) is 6.20 Å². The molecule has 0 bridgehead atoms. The van der Waals surface area contributed by atoms with Gasteiger partial charge >= 0.3 is 6.43 Å². The molecule has 2 N–H and O–H groups in total. The molecule has 0 aliphatic heterocycles. The number of anilines is 1. The Morgan fingerprint density at radius 2 is 2.00 bits per heavy atom. The van der Waals surface area contributed by atoms with Crippen LogP contribution < -0.4 is 5.73 Å². The Balaban J connectivity index is 1.37. The van der Waals surface area contributed by atoms with Crippen LogP contribution in [0, 0.1) is 5.82 Å². The second-order valence-corrected chi connectivity index (χ2v) is 7.47. The molecule has 0 amide bonds. The van der Waals surface area contributed by atoms with Crippen molar-refractivity contribution in [3.63, 3.8) is 0 Å². The van der Waals surface area contributed by atoms with Crippen LogP contribution in [-0.2, 0) is 6.54 Å². The van der Waals surface area contributed by atoms with Crippen molar-refractivity contribution in [1.82, 2.24) is 35.2 Å². The van der Waals surface area contributed by atoms with Crippen LogP contribution in [0.4, 0.5) is 19.0 Å². The normalized spacial score (nSPS) is 11.6. The molecule has 0 saturated heterocycles. The van der Waals surface area contributed by atoms with Crippen molar-refractivity contribution < 1.29 is 17.6 Å². The lowest BCUT2D eigenvalue weighted by atomic mass is 10.1. The van der Waals surface area contributed by atoms with Crippen LogP contribution in [0.5, 0.6) is 0 Å². The monoisotopic (exact) mass is 444 g/mol. The molecule has 0 unspecified atom stereocenters. The fraction of sp³-hybridized carbons (Fsp3) is 0.111. The van der Waals surface area contributed by atoms with Crippen molar-refractivity contribution in [2.75, 3.05) is 5.73 Å². The molecule has 156 valence electrons. The maximum absolute atomic E-state index is 14.6. The van der Waals surface area contributed by atoms with Gasteiger partial charge in [-0.2, -0.15) is 8.78 Å². The average Bonchev–Trinajstić information content (AvgIpc) is 3.49. The van der Waals surface area contributed by atoms with Gasteiger partial charge in [-0.05, 0) is 18.2 Å². The summed E-state index contributed by atoms with van der Waals surface area (Å²) in [7, 11) is 0. The van der Waals surface area contributed by atoms with Gasteiger partial charge in [-0.15, -0.1) is 26.6 Å². The smallest absolute Gasteiger partial charge is 0.314 e. The highest BCUT2D eigenvalue weighted by Crippen LogP contribution is 2.33. The molecule has 0 saturated carbocycles. The Kier molecular flexibility index (Phi) is 4.58. The third-order valence-electron chi connectivity index (χ3n) is 4.41. The molecule has 0 fully saturated rings. The Hall–Kier alpha value is -3.87. The molecule has 0 aliphatic rings. The Morgan fingerprint density at radius 1 is 1.13 bits per heavy atom. The number of alkyl halides is 2. The number of hydrogen-bond acceptors (Lipinski definition) is 9. The predicted molar refractivity (Wildman–Crippen MR) is 105 cm³/mol. The van der Waals surface area contributed by atoms with Gasteiger partial charge in [0.2, 0.25) is 5.89 Å². The SMILES string of the molecule is Nc1ncnc2sc(-c3cn(Cc4ccc(-c5nnc(C(F)F)o5)cc4F)nn3)cc12. The molecule has 0 aliphatic carbocycles. The molecule has 5 rings (SSSR count). The number of halogens is 3. The number of nitrogens with two attached hydrogens (primary N) is 1. The molecule has 1 aromatic carbocycles. The highest BCUT2D eigenvalue weighted by molar-refractivity contribution is 7.21. The lowest BCUT2D eigenvalue weighted by molar-refractivity contribution is 0.116. The molecule has 4 heterocycles. The molecule has 4 aromatic heterocycles. The first kappa shape index (κ1) is 19.1. The molecular weight excluding hydrogens is 433 g/mol. The van der Waals surface area contributed by atoms with E-state index in [9.17, 15) is 13.2 Å². The topological polar surface area (TPSA) is 121 Å². The first-order chi connectivity index (χ1) is 15.0. The van der Waals surface area contributed by atoms with Crippen LogP contribution in [0.1, 0.15) is 17.9 Å². The van der Waals surface area contributed by atoms with Crippen LogP contribution in [0.3, 0.4) is 0 Å². The van der Waals surface area contributed by atoms with E-state index in [0.717, 1.165) is 21.2 Å². The highest BCUT2D eigenvalue weighted by atomic mass is 32.1. The maximum atomic E-state index is 14.6. The van der Waals surface area contributed by atoms with Crippen LogP contribution in [0.2, 0.25) is 0 Å². The number of rotatable bonds is 5. The van der Waals surface area contributed by atoms with Gasteiger partial charge in [-0.1, -0.05) is 11.3 Å². The van der Waals surface area contributed by atoms with Crippen molar-refractivity contribution in [3.05, 3.63) is 54.1 Å². The van der Waals surface area contributed by atoms with E-state index in [0.29, 0.717) is 17.1 Å². The summed E-state index contributed by atoms with van der Waals surface area (Å²) in [6.07, 6.45) is 0.176. The molecule has 13 heteroatoms. The van der Waals surface area contributed by atoms with Gasteiger partial charge in [-0.25, -0.2) is 19.0 Å². The van der Waals surface area contributed by atoms with Crippen LogP contribution >= 0.6 is 11.3 Å². The van der Waals surface area contributed by atoms with E-state index >= 15 is 0 Å². The third-order valence-corrected chi connectivity index (χ3v) is 5.48. The zero-order valence-corrected chi connectivity index (χ0v) is 16.2. The van der Waals surface area contributed by atoms with Crippen molar-refractivity contribution in [2.24, 2.45) is 0 Å². The molecule has 0 atom stereocenters. The second kappa shape index (κ2) is 7.43. The summed E-state index contributed by atoms with van der Waals surface area (Å²) in [5.74, 6) is -1.19. The summed E-state index contributed by atoms with van der Waals surface area (Å²) in [5.41, 5.74) is 6.97. The van der Waals surface area contributed by atoms with Crippen LogP contribution in [-0.4, -0.2) is 35.2 Å². The van der Waals surface area contributed by atoms with E-state index in [1.165, 1.54) is 34.5 Å². The maximum Gasteiger partial charge on any atom is 0.314 e. The zero-order chi connectivity index (χ0) is 21.5. The van der Waals surface area contributed by atoms with Crippen LogP contribution in [0.25, 0.3) is 32.2 Å². The van der Waals surface area contributed by atoms with Gasteiger partial charge in [0.05, 0.1) is 23.0 Å². The number of nitrogen functional groups attached to an aromatic ring is 1. The van der Waals surface area contributed by atoms with E-state index in [4.69, 9.17) is 10.2 Å². The average molecular weight is 444 g/mol. The van der Waals surface area contributed by atoms with Crippen molar-refractivity contribution in [3.8, 4) is 22.0 Å². The molecule has 5 aromatic rings. The van der Waals surface area contributed by atoms with E-state index in [1.807, 2.05) is 6.07 Å². The number of aromatic nitrogens is 7. The minimum Gasteiger partial charge on any atom is -0.415 e. The summed E-state index contributed by atoms with van der Waals surface area (Å²) in [6.45, 7) is 0.109. The lowest BCUT2D eigenvalue weighted by Gasteiger charge is -2.04. The second-order valence-electron chi connectivity index (χ2n) is 6.44. The number of thiophene rings is 1. The number of hydrogen-bond donors (Lipinski definition) is 1. The minimum atomic E-state index is -2.89. The number of nitrogens with zero attached hydrogens (tertiary/aromatic N) is 7. The predicted octanol–water partition coefficient (Wildman–Crippen LogP) is 3.71. The van der Waals surface area contributed by atoms with Crippen molar-refractivity contribution in [1.29, 1.82) is 0 Å². The summed E-state index contributed by atoms with van der Waals surface area (Å²) in [6, 6.07) is 5.97. The molecule has 9 nitrogen and oxygen atoms in total. The first-order valence-electron chi connectivity index (χ1n) is 8.79. The molecule has 31 heavy (non-hydrogen) atoms. The minimum absolute atomic E-state index is 0.109. The summed E-state index contributed by atoms with van der Waals surface area (Å²) in [5, 5.41) is 15.7.